The Morgan fingerprint density at radius 3 is 2.70 bits per heavy atom. The summed E-state index contributed by atoms with van der Waals surface area (Å²) >= 11 is 0. The predicted molar refractivity (Wildman–Crippen MR) is 98.8 cm³/mol. The van der Waals surface area contributed by atoms with E-state index < -0.39 is 5.41 Å². The molecule has 2 bridgehead atoms. The lowest BCUT2D eigenvalue weighted by molar-refractivity contribution is -0.157. The number of aromatic nitrogens is 2. The lowest BCUT2D eigenvalue weighted by atomic mass is 9.70. The van der Waals surface area contributed by atoms with Crippen molar-refractivity contribution < 1.29 is 14.3 Å². The molecule has 3 heterocycles. The zero-order valence-corrected chi connectivity index (χ0v) is 15.4. The Morgan fingerprint density at radius 2 is 2.00 bits per heavy atom. The fourth-order valence-corrected chi connectivity index (χ4v) is 4.75. The third-order valence-electron chi connectivity index (χ3n) is 5.81. The summed E-state index contributed by atoms with van der Waals surface area (Å²) in [6.07, 6.45) is 4.48. The molecule has 2 aromatic rings. The summed E-state index contributed by atoms with van der Waals surface area (Å²) in [5.41, 5.74) is 0.719. The van der Waals surface area contributed by atoms with E-state index in [1.807, 2.05) is 42.2 Å². The van der Waals surface area contributed by atoms with Crippen LogP contribution in [0.4, 0.5) is 0 Å². The maximum absolute atomic E-state index is 13.1. The molecule has 0 saturated carbocycles. The van der Waals surface area contributed by atoms with Gasteiger partial charge >= 0.3 is 5.97 Å². The molecule has 27 heavy (non-hydrogen) atoms. The van der Waals surface area contributed by atoms with Gasteiger partial charge in [-0.2, -0.15) is 5.10 Å². The van der Waals surface area contributed by atoms with Gasteiger partial charge in [0.15, 0.2) is 5.69 Å². The first-order valence-corrected chi connectivity index (χ1v) is 9.47. The largest absolute Gasteiger partial charge is 0.465 e. The Bertz CT molecular complexity index is 827. The van der Waals surface area contributed by atoms with E-state index in [1.165, 1.54) is 0 Å². The first-order valence-electron chi connectivity index (χ1n) is 9.47. The van der Waals surface area contributed by atoms with Gasteiger partial charge in [-0.15, -0.1) is 5.10 Å². The van der Waals surface area contributed by atoms with Gasteiger partial charge in [0.2, 0.25) is 0 Å². The molecule has 0 N–H and O–H groups in total. The Hall–Kier alpha value is -2.76. The smallest absolute Gasteiger partial charge is 0.314 e. The van der Waals surface area contributed by atoms with Crippen LogP contribution in [0.15, 0.2) is 48.7 Å². The van der Waals surface area contributed by atoms with Crippen molar-refractivity contribution in [2.75, 3.05) is 6.61 Å². The van der Waals surface area contributed by atoms with Crippen molar-refractivity contribution in [2.24, 2.45) is 5.41 Å². The van der Waals surface area contributed by atoms with Crippen molar-refractivity contribution in [1.29, 1.82) is 0 Å². The zero-order chi connectivity index (χ0) is 18.9. The van der Waals surface area contributed by atoms with Crippen molar-refractivity contribution in [1.82, 2.24) is 15.1 Å². The highest BCUT2D eigenvalue weighted by Gasteiger charge is 2.62. The number of hydrogen-bond donors (Lipinski definition) is 0. The van der Waals surface area contributed by atoms with Gasteiger partial charge in [0.25, 0.3) is 5.91 Å². The van der Waals surface area contributed by atoms with Crippen molar-refractivity contribution in [2.45, 2.75) is 44.7 Å². The van der Waals surface area contributed by atoms with Gasteiger partial charge < -0.3 is 9.64 Å². The Labute approximate surface area is 158 Å². The van der Waals surface area contributed by atoms with Crippen LogP contribution in [-0.4, -0.2) is 45.7 Å². The van der Waals surface area contributed by atoms with E-state index in [0.29, 0.717) is 25.1 Å². The summed E-state index contributed by atoms with van der Waals surface area (Å²) in [5, 5.41) is 7.80. The molecule has 0 radical (unpaired) electrons. The molecule has 6 heteroatoms. The number of hydrogen-bond acceptors (Lipinski definition) is 5. The molecule has 4 rings (SSSR count). The number of nitrogens with zero attached hydrogens (tertiary/aromatic N) is 3. The highest BCUT2D eigenvalue weighted by molar-refractivity contribution is 5.94. The van der Waals surface area contributed by atoms with Gasteiger partial charge in [-0.05, 0) is 50.3 Å². The molecule has 6 nitrogen and oxygen atoms in total. The van der Waals surface area contributed by atoms with Crippen molar-refractivity contribution in [3.63, 3.8) is 0 Å². The normalized spacial score (nSPS) is 26.2. The van der Waals surface area contributed by atoms with Crippen LogP contribution in [-0.2, 0) is 16.0 Å². The molecule has 0 unspecified atom stereocenters. The van der Waals surface area contributed by atoms with Crippen LogP contribution in [0.5, 0.6) is 0 Å². The highest BCUT2D eigenvalue weighted by Crippen LogP contribution is 2.52. The van der Waals surface area contributed by atoms with Crippen molar-refractivity contribution in [3.8, 4) is 0 Å². The summed E-state index contributed by atoms with van der Waals surface area (Å²) in [5.74, 6) is -0.340. The third kappa shape index (κ3) is 2.99. The van der Waals surface area contributed by atoms with Crippen LogP contribution in [0.2, 0.25) is 0 Å². The Kier molecular flexibility index (Phi) is 4.64. The molecule has 1 amide bonds. The second kappa shape index (κ2) is 7.10. The molecule has 140 valence electrons. The number of ether oxygens (including phenoxy) is 1. The first kappa shape index (κ1) is 17.6. The number of rotatable bonds is 5. The van der Waals surface area contributed by atoms with Crippen LogP contribution in [0.1, 0.15) is 42.2 Å². The van der Waals surface area contributed by atoms with Crippen LogP contribution < -0.4 is 0 Å². The molecule has 0 spiro atoms. The highest BCUT2D eigenvalue weighted by atomic mass is 16.5. The topological polar surface area (TPSA) is 72.4 Å². The lowest BCUT2D eigenvalue weighted by Gasteiger charge is -2.35. The van der Waals surface area contributed by atoms with Gasteiger partial charge in [0.1, 0.15) is 0 Å². The lowest BCUT2D eigenvalue weighted by Crippen LogP contribution is -2.47. The van der Waals surface area contributed by atoms with Gasteiger partial charge in [0.05, 0.1) is 12.0 Å². The van der Waals surface area contributed by atoms with Crippen molar-refractivity contribution in [3.05, 3.63) is 59.9 Å². The quantitative estimate of drug-likeness (QED) is 0.762. The van der Waals surface area contributed by atoms with Gasteiger partial charge in [-0.25, -0.2) is 0 Å². The van der Waals surface area contributed by atoms with Gasteiger partial charge in [-0.1, -0.05) is 30.3 Å². The van der Waals surface area contributed by atoms with E-state index in [1.54, 1.807) is 18.3 Å². The Balaban J connectivity index is 1.69. The number of amides is 1. The summed E-state index contributed by atoms with van der Waals surface area (Å²) in [7, 11) is 0. The number of fused-ring (bicyclic) bond motifs is 2. The minimum atomic E-state index is -0.696. The average Bonchev–Trinajstić information content (AvgIpc) is 3.25. The zero-order valence-electron chi connectivity index (χ0n) is 15.4. The third-order valence-corrected chi connectivity index (χ3v) is 5.81. The van der Waals surface area contributed by atoms with E-state index in [-0.39, 0.29) is 24.0 Å². The average molecular weight is 365 g/mol. The monoisotopic (exact) mass is 365 g/mol. The van der Waals surface area contributed by atoms with E-state index in [9.17, 15) is 9.59 Å². The molecular weight excluding hydrogens is 342 g/mol. The number of carbonyl (C=O) groups is 2. The van der Waals surface area contributed by atoms with E-state index >= 15 is 0 Å². The second-order valence-corrected chi connectivity index (χ2v) is 7.31. The molecule has 1 aromatic heterocycles. The van der Waals surface area contributed by atoms with E-state index in [4.69, 9.17) is 4.74 Å². The molecular formula is C21H23N3O3. The SMILES string of the molecule is CCOC(=O)[C@@]1(Cc2ccccc2)C[C@H]2CC[C@@H]1N2C(=O)c1cccnn1. The minimum absolute atomic E-state index is 0.0395. The maximum atomic E-state index is 13.1. The molecule has 1 aromatic carbocycles. The molecule has 0 aliphatic carbocycles. The predicted octanol–water partition coefficient (Wildman–Crippen LogP) is 2.65. The van der Waals surface area contributed by atoms with Crippen LogP contribution >= 0.6 is 0 Å². The number of carbonyl (C=O) groups excluding carboxylic acids is 2. The van der Waals surface area contributed by atoms with Crippen molar-refractivity contribution >= 4 is 11.9 Å². The maximum Gasteiger partial charge on any atom is 0.314 e. The van der Waals surface area contributed by atoms with Crippen LogP contribution in [0, 0.1) is 5.41 Å². The first-order chi connectivity index (χ1) is 13.2. The van der Waals surface area contributed by atoms with Crippen LogP contribution in [0.25, 0.3) is 0 Å². The summed E-state index contributed by atoms with van der Waals surface area (Å²) in [6.45, 7) is 2.16. The molecule has 2 saturated heterocycles. The molecule has 3 atom stereocenters. The van der Waals surface area contributed by atoms with E-state index in [0.717, 1.165) is 18.4 Å². The molecule has 2 aliphatic heterocycles. The minimum Gasteiger partial charge on any atom is -0.465 e. The molecule has 2 fully saturated rings. The summed E-state index contributed by atoms with van der Waals surface area (Å²) in [4.78, 5) is 28.0. The fourth-order valence-electron chi connectivity index (χ4n) is 4.75. The summed E-state index contributed by atoms with van der Waals surface area (Å²) < 4.78 is 5.48. The van der Waals surface area contributed by atoms with Gasteiger partial charge in [0, 0.05) is 18.3 Å². The Morgan fingerprint density at radius 1 is 1.19 bits per heavy atom. The number of benzene rings is 1. The summed E-state index contributed by atoms with van der Waals surface area (Å²) in [6, 6.07) is 13.2. The van der Waals surface area contributed by atoms with E-state index in [2.05, 4.69) is 10.2 Å². The number of esters is 1. The molecule has 2 aliphatic rings. The van der Waals surface area contributed by atoms with Crippen LogP contribution in [0.3, 0.4) is 0 Å². The standard InChI is InChI=1S/C21H23N3O3/c1-2-27-20(26)21(13-15-7-4-3-5-8-15)14-16-10-11-18(21)24(16)19(25)17-9-6-12-22-23-17/h3-9,12,16,18H,2,10-11,13-14H2,1H3/t16-,18+,21+/m1/s1. The van der Waals surface area contributed by atoms with Gasteiger partial charge in [-0.3, -0.25) is 9.59 Å². The second-order valence-electron chi connectivity index (χ2n) is 7.31. The fraction of sp³-hybridized carbons (Fsp3) is 0.429.